The topological polar surface area (TPSA) is 53.7 Å². The van der Waals surface area contributed by atoms with Crippen molar-refractivity contribution in [3.8, 4) is 11.3 Å². The Morgan fingerprint density at radius 1 is 1.03 bits per heavy atom. The Bertz CT molecular complexity index is 1410. The largest absolute Gasteiger partial charge is 0.433 e. The van der Waals surface area contributed by atoms with E-state index in [0.717, 1.165) is 47.3 Å². The fraction of sp³-hybridized carbons (Fsp3) is 0.320. The van der Waals surface area contributed by atoms with Crippen molar-refractivity contribution in [2.75, 3.05) is 26.2 Å². The van der Waals surface area contributed by atoms with E-state index < -0.39 is 11.9 Å². The lowest BCUT2D eigenvalue weighted by atomic mass is 10.0. The van der Waals surface area contributed by atoms with Crippen LogP contribution in [0.2, 0.25) is 0 Å². The number of alkyl halides is 3. The van der Waals surface area contributed by atoms with Crippen molar-refractivity contribution in [3.63, 3.8) is 0 Å². The summed E-state index contributed by atoms with van der Waals surface area (Å²) in [6.07, 6.45) is -1.31. The van der Waals surface area contributed by atoms with Gasteiger partial charge in [0.2, 0.25) is 0 Å². The Balaban J connectivity index is 1.49. The number of rotatable bonds is 2. The minimum atomic E-state index is -4.66. The zero-order valence-electron chi connectivity index (χ0n) is 18.3. The van der Waals surface area contributed by atoms with Crippen molar-refractivity contribution in [2.24, 2.45) is 0 Å². The third-order valence-electron chi connectivity index (χ3n) is 6.93. The van der Waals surface area contributed by atoms with Crippen molar-refractivity contribution in [2.45, 2.75) is 25.1 Å². The van der Waals surface area contributed by atoms with Crippen LogP contribution in [0.1, 0.15) is 28.9 Å². The first kappa shape index (κ1) is 21.1. The third kappa shape index (κ3) is 3.42. The summed E-state index contributed by atoms with van der Waals surface area (Å²) < 4.78 is 42.9. The first-order valence-electron chi connectivity index (χ1n) is 11.4. The molecule has 1 amide bonds. The lowest BCUT2D eigenvalue weighted by Gasteiger charge is -2.37. The number of benzene rings is 2. The molecule has 0 aliphatic carbocycles. The summed E-state index contributed by atoms with van der Waals surface area (Å²) in [7, 11) is 0. The minimum Gasteiger partial charge on any atom is -0.336 e. The minimum absolute atomic E-state index is 0.0726. The van der Waals surface area contributed by atoms with Crippen molar-refractivity contribution >= 4 is 22.3 Å². The van der Waals surface area contributed by atoms with Crippen LogP contribution in [0, 0.1) is 0 Å². The lowest BCUT2D eigenvalue weighted by molar-refractivity contribution is -0.142. The molecule has 34 heavy (non-hydrogen) atoms. The fourth-order valence-electron chi connectivity index (χ4n) is 5.25. The van der Waals surface area contributed by atoms with Crippen LogP contribution in [0.5, 0.6) is 0 Å². The summed E-state index contributed by atoms with van der Waals surface area (Å²) >= 11 is 0. The molecular weight excluding hydrogens is 443 g/mol. The molecule has 0 N–H and O–H groups in total. The molecule has 6 nitrogen and oxygen atoms in total. The Labute approximate surface area is 193 Å². The smallest absolute Gasteiger partial charge is 0.336 e. The zero-order chi connectivity index (χ0) is 23.4. The molecule has 0 radical (unpaired) electrons. The second-order valence-electron chi connectivity index (χ2n) is 8.93. The van der Waals surface area contributed by atoms with E-state index in [4.69, 9.17) is 0 Å². The van der Waals surface area contributed by atoms with Gasteiger partial charge in [-0.3, -0.25) is 9.69 Å². The summed E-state index contributed by atoms with van der Waals surface area (Å²) in [6, 6.07) is 14.2. The molecule has 6 rings (SSSR count). The number of fused-ring (bicyclic) bond motifs is 3. The fourth-order valence-corrected chi connectivity index (χ4v) is 5.25. The van der Waals surface area contributed by atoms with Crippen molar-refractivity contribution in [1.29, 1.82) is 0 Å². The normalized spacial score (nSPS) is 19.1. The molecule has 2 fully saturated rings. The van der Waals surface area contributed by atoms with Gasteiger partial charge in [-0.25, -0.2) is 9.50 Å². The molecule has 2 aromatic heterocycles. The summed E-state index contributed by atoms with van der Waals surface area (Å²) in [5.41, 5.74) is -0.201. The molecule has 2 aromatic carbocycles. The maximum absolute atomic E-state index is 14.1. The highest BCUT2D eigenvalue weighted by atomic mass is 19.4. The summed E-state index contributed by atoms with van der Waals surface area (Å²) in [4.78, 5) is 22.1. The number of amides is 1. The predicted octanol–water partition coefficient (Wildman–Crippen LogP) is 4.49. The molecule has 2 aliphatic rings. The molecule has 2 saturated heterocycles. The van der Waals surface area contributed by atoms with E-state index in [2.05, 4.69) is 15.0 Å². The Hall–Kier alpha value is -3.46. The third-order valence-corrected chi connectivity index (χ3v) is 6.93. The van der Waals surface area contributed by atoms with Gasteiger partial charge in [0.05, 0.1) is 11.9 Å². The van der Waals surface area contributed by atoms with Crippen LogP contribution >= 0.6 is 0 Å². The van der Waals surface area contributed by atoms with Crippen LogP contribution in [0.3, 0.4) is 0 Å². The number of halogens is 3. The molecule has 4 aromatic rings. The van der Waals surface area contributed by atoms with Crippen LogP contribution in [0.25, 0.3) is 27.7 Å². The van der Waals surface area contributed by atoms with E-state index >= 15 is 0 Å². The SMILES string of the molecule is O=C(c1cnn2c(C(F)(F)F)cc(-c3cccc4ccccc34)nc12)N1CCN2CCCC2C1. The van der Waals surface area contributed by atoms with Crippen LogP contribution in [-0.4, -0.2) is 62.5 Å². The van der Waals surface area contributed by atoms with Crippen LogP contribution in [0.15, 0.2) is 54.7 Å². The lowest BCUT2D eigenvalue weighted by Crippen LogP contribution is -2.52. The van der Waals surface area contributed by atoms with Crippen molar-refractivity contribution < 1.29 is 18.0 Å². The summed E-state index contributed by atoms with van der Waals surface area (Å²) in [5.74, 6) is -0.322. The van der Waals surface area contributed by atoms with Gasteiger partial charge in [-0.2, -0.15) is 18.3 Å². The van der Waals surface area contributed by atoms with Gasteiger partial charge < -0.3 is 4.90 Å². The van der Waals surface area contributed by atoms with E-state index in [-0.39, 0.29) is 22.8 Å². The maximum atomic E-state index is 14.1. The van der Waals surface area contributed by atoms with Gasteiger partial charge >= 0.3 is 6.18 Å². The standard InChI is InChI=1S/C25H22F3N5O/c26-25(27,28)22-13-21(19-9-3-6-16-5-1-2-8-18(16)19)30-23-20(14-29-33(22)23)24(34)32-12-11-31-10-4-7-17(31)15-32/h1-3,5-6,8-9,13-14,17H,4,7,10-12,15H2. The number of nitrogens with zero attached hydrogens (tertiary/aromatic N) is 5. The number of aromatic nitrogens is 3. The Kier molecular flexibility index (Phi) is 4.84. The van der Waals surface area contributed by atoms with Gasteiger partial charge in [-0.15, -0.1) is 0 Å². The highest BCUT2D eigenvalue weighted by Crippen LogP contribution is 2.35. The zero-order valence-corrected chi connectivity index (χ0v) is 18.3. The van der Waals surface area contributed by atoms with Gasteiger partial charge in [0.25, 0.3) is 5.91 Å². The van der Waals surface area contributed by atoms with E-state index in [0.29, 0.717) is 24.7 Å². The average Bonchev–Trinajstić information content (AvgIpc) is 3.48. The molecule has 4 heterocycles. The molecule has 0 saturated carbocycles. The molecule has 1 atom stereocenters. The predicted molar refractivity (Wildman–Crippen MR) is 121 cm³/mol. The Morgan fingerprint density at radius 2 is 1.85 bits per heavy atom. The first-order valence-corrected chi connectivity index (χ1v) is 11.4. The van der Waals surface area contributed by atoms with E-state index in [1.165, 1.54) is 6.20 Å². The molecule has 0 spiro atoms. The highest BCUT2D eigenvalue weighted by molar-refractivity contribution is 6.01. The molecule has 2 aliphatic heterocycles. The van der Waals surface area contributed by atoms with Gasteiger partial charge in [-0.05, 0) is 36.2 Å². The Morgan fingerprint density at radius 3 is 2.71 bits per heavy atom. The number of piperazine rings is 1. The number of carbonyl (C=O) groups excluding carboxylic acids is 1. The first-order chi connectivity index (χ1) is 16.4. The quantitative estimate of drug-likeness (QED) is 0.438. The van der Waals surface area contributed by atoms with E-state index in [1.54, 1.807) is 17.0 Å². The number of hydrogen-bond acceptors (Lipinski definition) is 4. The maximum Gasteiger partial charge on any atom is 0.433 e. The molecule has 1 unspecified atom stereocenters. The second kappa shape index (κ2) is 7.80. The molecule has 174 valence electrons. The van der Waals surface area contributed by atoms with Crippen molar-refractivity contribution in [1.82, 2.24) is 24.4 Å². The van der Waals surface area contributed by atoms with Crippen molar-refractivity contribution in [3.05, 3.63) is 66.0 Å². The van der Waals surface area contributed by atoms with Gasteiger partial charge in [0, 0.05) is 31.2 Å². The molecule has 0 bridgehead atoms. The molecule has 9 heteroatoms. The number of carbonyl (C=O) groups is 1. The van der Waals surface area contributed by atoms with Crippen LogP contribution in [0.4, 0.5) is 13.2 Å². The van der Waals surface area contributed by atoms with Crippen LogP contribution in [-0.2, 0) is 6.18 Å². The van der Waals surface area contributed by atoms with E-state index in [1.807, 2.05) is 30.3 Å². The van der Waals surface area contributed by atoms with Gasteiger partial charge in [0.15, 0.2) is 11.3 Å². The average molecular weight is 465 g/mol. The summed E-state index contributed by atoms with van der Waals surface area (Å²) in [5, 5.41) is 5.63. The van der Waals surface area contributed by atoms with Gasteiger partial charge in [0.1, 0.15) is 5.56 Å². The number of hydrogen-bond donors (Lipinski definition) is 0. The van der Waals surface area contributed by atoms with Crippen LogP contribution < -0.4 is 0 Å². The second-order valence-corrected chi connectivity index (χ2v) is 8.93. The summed E-state index contributed by atoms with van der Waals surface area (Å²) in [6.45, 7) is 2.93. The molecular formula is C25H22F3N5O. The van der Waals surface area contributed by atoms with Gasteiger partial charge in [-0.1, -0.05) is 42.5 Å². The highest BCUT2D eigenvalue weighted by Gasteiger charge is 2.38. The van der Waals surface area contributed by atoms with E-state index in [9.17, 15) is 18.0 Å². The monoisotopic (exact) mass is 465 g/mol.